The molecule has 0 spiro atoms. The minimum absolute atomic E-state index is 0. The molecule has 19 heavy (non-hydrogen) atoms. The first-order chi connectivity index (χ1) is 8.75. The lowest BCUT2D eigenvalue weighted by Gasteiger charge is -1.99. The minimum Gasteiger partial charge on any atom is -0.477 e. The van der Waals surface area contributed by atoms with Crippen LogP contribution in [0.5, 0.6) is 0 Å². The van der Waals surface area contributed by atoms with Crippen molar-refractivity contribution in [2.75, 3.05) is 7.11 Å². The molecule has 0 radical (unpaired) electrons. The van der Waals surface area contributed by atoms with Crippen LogP contribution in [-0.4, -0.2) is 28.3 Å². The topological polar surface area (TPSA) is 74.3 Å². The van der Waals surface area contributed by atoms with Crippen LogP contribution in [-0.2, 0) is 11.3 Å². The molecule has 0 aromatic carbocycles. The number of aromatic nitrogens is 2. The van der Waals surface area contributed by atoms with Crippen molar-refractivity contribution < 1.29 is 19.6 Å². The number of rotatable bonds is 3. The lowest BCUT2D eigenvalue weighted by Crippen LogP contribution is -2.36. The molecule has 2 aromatic heterocycles. The van der Waals surface area contributed by atoms with Gasteiger partial charge < -0.3 is 10.2 Å². The van der Waals surface area contributed by atoms with Gasteiger partial charge >= 0.3 is 5.97 Å². The predicted molar refractivity (Wildman–Crippen MR) is 76.0 cm³/mol. The van der Waals surface area contributed by atoms with Crippen LogP contribution >= 0.6 is 17.0 Å². The first-order valence-corrected chi connectivity index (χ1v) is 5.32. The maximum atomic E-state index is 10.5. The monoisotopic (exact) mass is 327 g/mol. The van der Waals surface area contributed by atoms with Crippen molar-refractivity contribution in [3.63, 3.8) is 0 Å². The van der Waals surface area contributed by atoms with Crippen LogP contribution in [0.2, 0.25) is 0 Å². The van der Waals surface area contributed by atoms with Gasteiger partial charge in [-0.25, -0.2) is 4.79 Å². The Labute approximate surface area is 122 Å². The van der Waals surface area contributed by atoms with Crippen molar-refractivity contribution in [1.82, 2.24) is 4.98 Å². The zero-order chi connectivity index (χ0) is 13.4. The number of carboxylic acids is 1. The molecule has 102 valence electrons. The lowest BCUT2D eigenvalue weighted by molar-refractivity contribution is -0.685. The summed E-state index contributed by atoms with van der Waals surface area (Å²) < 4.78 is 1.62. The van der Waals surface area contributed by atoms with Gasteiger partial charge in [0, 0.05) is 31.6 Å². The van der Waals surface area contributed by atoms with Crippen LogP contribution in [0.1, 0.15) is 0 Å². The molecule has 5 nitrogen and oxygen atoms in total. The number of aliphatic carboxylic acids is 1. The molecule has 0 aliphatic carbocycles. The second-order valence-corrected chi connectivity index (χ2v) is 3.39. The van der Waals surface area contributed by atoms with Crippen LogP contribution < -0.4 is 4.57 Å². The number of carbonyl (C=O) groups is 1. The smallest absolute Gasteiger partial charge is 0.370 e. The molecule has 0 fully saturated rings. The first kappa shape index (κ1) is 17.2. The molecule has 2 N–H and O–H groups in total. The standard InChI is InChI=1S/C12H10N2O2.CH4O.BrH/c15-12(16)9-14-7-3-11(4-8-14)10-1-5-13-6-2-10;1-2;/h1-8H,9H2;2H,1H3;1H/p+1. The van der Waals surface area contributed by atoms with Crippen LogP contribution in [0, 0.1) is 0 Å². The molecule has 2 heterocycles. The minimum atomic E-state index is -0.846. The van der Waals surface area contributed by atoms with Gasteiger partial charge in [-0.05, 0) is 23.3 Å². The van der Waals surface area contributed by atoms with E-state index >= 15 is 0 Å². The molecule has 6 heteroatoms. The molecular weight excluding hydrogens is 312 g/mol. The molecular formula is C13H16BrN2O3+. The van der Waals surface area contributed by atoms with Gasteiger partial charge in [0.05, 0.1) is 0 Å². The number of hydrogen-bond donors (Lipinski definition) is 2. The Balaban J connectivity index is 0.00000103. The van der Waals surface area contributed by atoms with Crippen molar-refractivity contribution in [3.05, 3.63) is 49.1 Å². The predicted octanol–water partition coefficient (Wildman–Crippen LogP) is 1.31. The summed E-state index contributed by atoms with van der Waals surface area (Å²) in [6.07, 6.45) is 6.97. The Bertz CT molecular complexity index is 489. The van der Waals surface area contributed by atoms with E-state index in [0.29, 0.717) is 0 Å². The van der Waals surface area contributed by atoms with E-state index in [1.807, 2.05) is 24.3 Å². The molecule has 0 aliphatic rings. The number of aliphatic hydroxyl groups excluding tert-OH is 1. The number of hydrogen-bond acceptors (Lipinski definition) is 3. The van der Waals surface area contributed by atoms with E-state index in [-0.39, 0.29) is 23.5 Å². The summed E-state index contributed by atoms with van der Waals surface area (Å²) in [6, 6.07) is 7.60. The second-order valence-electron chi connectivity index (χ2n) is 3.39. The van der Waals surface area contributed by atoms with E-state index in [4.69, 9.17) is 10.2 Å². The SMILES string of the molecule is Br.CO.O=C(O)C[n+]1ccc(-c2ccncc2)cc1. The van der Waals surface area contributed by atoms with Crippen molar-refractivity contribution in [2.24, 2.45) is 0 Å². The zero-order valence-electron chi connectivity index (χ0n) is 10.4. The van der Waals surface area contributed by atoms with E-state index in [9.17, 15) is 4.79 Å². The second kappa shape index (κ2) is 9.18. The normalized spacial score (nSPS) is 8.74. The van der Waals surface area contributed by atoms with Gasteiger partial charge in [0.25, 0.3) is 0 Å². The van der Waals surface area contributed by atoms with Gasteiger partial charge in [-0.1, -0.05) is 0 Å². The van der Waals surface area contributed by atoms with Crippen molar-refractivity contribution in [1.29, 1.82) is 0 Å². The average molecular weight is 328 g/mol. The largest absolute Gasteiger partial charge is 0.477 e. The molecule has 0 saturated carbocycles. The van der Waals surface area contributed by atoms with E-state index < -0.39 is 5.97 Å². The van der Waals surface area contributed by atoms with Crippen molar-refractivity contribution in [2.45, 2.75) is 6.54 Å². The number of nitrogens with zero attached hydrogens (tertiary/aromatic N) is 2. The van der Waals surface area contributed by atoms with Gasteiger partial charge in [0.2, 0.25) is 6.54 Å². The summed E-state index contributed by atoms with van der Waals surface area (Å²) in [5.74, 6) is -0.846. The highest BCUT2D eigenvalue weighted by atomic mass is 79.9. The Morgan fingerprint density at radius 3 is 2.05 bits per heavy atom. The zero-order valence-corrected chi connectivity index (χ0v) is 12.1. The number of halogens is 1. The Morgan fingerprint density at radius 2 is 1.58 bits per heavy atom. The molecule has 0 aliphatic heterocycles. The maximum Gasteiger partial charge on any atom is 0.370 e. The fourth-order valence-corrected chi connectivity index (χ4v) is 1.46. The molecule has 0 saturated heterocycles. The van der Waals surface area contributed by atoms with Gasteiger partial charge in [0.1, 0.15) is 0 Å². The van der Waals surface area contributed by atoms with E-state index in [1.54, 1.807) is 29.4 Å². The summed E-state index contributed by atoms with van der Waals surface area (Å²) in [7, 11) is 1.00. The van der Waals surface area contributed by atoms with Gasteiger partial charge in [0.15, 0.2) is 12.4 Å². The molecule has 0 unspecified atom stereocenters. The molecule has 0 bridgehead atoms. The van der Waals surface area contributed by atoms with Crippen LogP contribution in [0.25, 0.3) is 11.1 Å². The third-order valence-electron chi connectivity index (χ3n) is 2.22. The number of pyridine rings is 2. The lowest BCUT2D eigenvalue weighted by atomic mass is 10.1. The van der Waals surface area contributed by atoms with E-state index in [1.165, 1.54) is 0 Å². The third-order valence-corrected chi connectivity index (χ3v) is 2.22. The van der Waals surface area contributed by atoms with Gasteiger partial charge in [-0.2, -0.15) is 4.57 Å². The van der Waals surface area contributed by atoms with Crippen LogP contribution in [0.15, 0.2) is 49.1 Å². The number of carboxylic acid groups (broad SMARTS) is 1. The van der Waals surface area contributed by atoms with Crippen LogP contribution in [0.4, 0.5) is 0 Å². The summed E-state index contributed by atoms with van der Waals surface area (Å²) in [4.78, 5) is 14.4. The Hall–Kier alpha value is -1.79. The van der Waals surface area contributed by atoms with E-state index in [0.717, 1.165) is 18.2 Å². The highest BCUT2D eigenvalue weighted by Crippen LogP contribution is 2.15. The molecule has 2 rings (SSSR count). The number of aliphatic hydroxyl groups is 1. The molecule has 0 amide bonds. The average Bonchev–Trinajstić information content (AvgIpc) is 2.42. The molecule has 2 aromatic rings. The Kier molecular flexibility index (Phi) is 8.32. The highest BCUT2D eigenvalue weighted by molar-refractivity contribution is 8.93. The maximum absolute atomic E-state index is 10.5. The first-order valence-electron chi connectivity index (χ1n) is 5.32. The fourth-order valence-electron chi connectivity index (χ4n) is 1.46. The quantitative estimate of drug-likeness (QED) is 0.833. The summed E-state index contributed by atoms with van der Waals surface area (Å²) >= 11 is 0. The Morgan fingerprint density at radius 1 is 1.11 bits per heavy atom. The van der Waals surface area contributed by atoms with E-state index in [2.05, 4.69) is 4.98 Å². The summed E-state index contributed by atoms with van der Waals surface area (Å²) in [5.41, 5.74) is 2.11. The highest BCUT2D eigenvalue weighted by Gasteiger charge is 2.06. The summed E-state index contributed by atoms with van der Waals surface area (Å²) in [6.45, 7) is -0.0172. The van der Waals surface area contributed by atoms with Crippen molar-refractivity contribution in [3.8, 4) is 11.1 Å². The molecule has 0 atom stereocenters. The third kappa shape index (κ3) is 5.58. The van der Waals surface area contributed by atoms with Crippen molar-refractivity contribution >= 4 is 23.0 Å². The van der Waals surface area contributed by atoms with Crippen LogP contribution in [0.3, 0.4) is 0 Å². The van der Waals surface area contributed by atoms with Gasteiger partial charge in [-0.15, -0.1) is 17.0 Å². The fraction of sp³-hybridized carbons (Fsp3) is 0.154. The van der Waals surface area contributed by atoms with Gasteiger partial charge in [-0.3, -0.25) is 4.98 Å². The summed E-state index contributed by atoms with van der Waals surface area (Å²) in [5, 5.41) is 15.6.